The maximum absolute atomic E-state index is 11.4. The van der Waals surface area contributed by atoms with Crippen molar-refractivity contribution in [2.75, 3.05) is 13.2 Å². The summed E-state index contributed by atoms with van der Waals surface area (Å²) in [6, 6.07) is 0. The van der Waals surface area contributed by atoms with E-state index in [-0.39, 0.29) is 24.8 Å². The van der Waals surface area contributed by atoms with Gasteiger partial charge in [-0.3, -0.25) is 9.59 Å². The zero-order valence-corrected chi connectivity index (χ0v) is 13.7. The van der Waals surface area contributed by atoms with Crippen molar-refractivity contribution in [2.45, 2.75) is 65.7 Å². The highest BCUT2D eigenvalue weighted by Gasteiger charge is 2.07. The Labute approximate surface area is 128 Å². The Morgan fingerprint density at radius 1 is 0.952 bits per heavy atom. The quantitative estimate of drug-likeness (QED) is 0.310. The lowest BCUT2D eigenvalue weighted by Crippen LogP contribution is -2.09. The molecule has 0 aromatic heterocycles. The molecule has 4 nitrogen and oxygen atoms in total. The largest absolute Gasteiger partial charge is 0.466 e. The van der Waals surface area contributed by atoms with E-state index in [1.165, 1.54) is 0 Å². The fourth-order valence-corrected chi connectivity index (χ4v) is 1.72. The number of allylic oxidation sites excluding steroid dienone is 1. The highest BCUT2D eigenvalue weighted by Crippen LogP contribution is 2.05. The van der Waals surface area contributed by atoms with Crippen molar-refractivity contribution in [3.05, 3.63) is 12.2 Å². The molecule has 0 aromatic carbocycles. The molecule has 4 heteroatoms. The molecule has 0 aliphatic rings. The summed E-state index contributed by atoms with van der Waals surface area (Å²) in [6.07, 6.45) is 8.80. The van der Waals surface area contributed by atoms with Crippen LogP contribution in [0, 0.1) is 5.92 Å². The molecule has 0 unspecified atom stereocenters. The summed E-state index contributed by atoms with van der Waals surface area (Å²) in [5.41, 5.74) is 0. The van der Waals surface area contributed by atoms with Gasteiger partial charge in [0.05, 0.1) is 13.2 Å². The van der Waals surface area contributed by atoms with Crippen molar-refractivity contribution >= 4 is 11.9 Å². The predicted octanol–water partition coefficient (Wildman–Crippen LogP) is 4.04. The second-order valence-electron chi connectivity index (χ2n) is 5.50. The number of hydrogen-bond donors (Lipinski definition) is 0. The third-order valence-electron chi connectivity index (χ3n) is 2.90. The molecule has 0 radical (unpaired) electrons. The maximum atomic E-state index is 11.4. The molecule has 0 aliphatic carbocycles. The molecule has 0 bridgehead atoms. The Balaban J connectivity index is 3.44. The van der Waals surface area contributed by atoms with Crippen molar-refractivity contribution < 1.29 is 19.1 Å². The topological polar surface area (TPSA) is 52.6 Å². The van der Waals surface area contributed by atoms with Crippen LogP contribution in [0.3, 0.4) is 0 Å². The highest BCUT2D eigenvalue weighted by molar-refractivity contribution is 5.72. The smallest absolute Gasteiger partial charge is 0.305 e. The molecule has 0 spiro atoms. The minimum atomic E-state index is -0.243. The number of carbonyl (C=O) groups is 2. The van der Waals surface area contributed by atoms with Crippen molar-refractivity contribution in [3.8, 4) is 0 Å². The fraction of sp³-hybridized carbons (Fsp3) is 0.765. The van der Waals surface area contributed by atoms with Crippen molar-refractivity contribution in [2.24, 2.45) is 5.92 Å². The first-order valence-electron chi connectivity index (χ1n) is 8.02. The average molecular weight is 298 g/mol. The standard InChI is InChI=1S/C17H30O4/c1-4-5-6-7-13-20-16(18)11-8-12-17(19)21-14-9-10-15(2)3/h5-6,15H,4,7-14H2,1-3H3/b6-5+. The summed E-state index contributed by atoms with van der Waals surface area (Å²) in [6.45, 7) is 7.24. The van der Waals surface area contributed by atoms with Gasteiger partial charge in [0.25, 0.3) is 0 Å². The van der Waals surface area contributed by atoms with Crippen LogP contribution in [0.15, 0.2) is 12.2 Å². The minimum absolute atomic E-state index is 0.225. The van der Waals surface area contributed by atoms with E-state index in [0.717, 1.165) is 25.7 Å². The second kappa shape index (κ2) is 13.7. The van der Waals surface area contributed by atoms with Crippen LogP contribution in [0.5, 0.6) is 0 Å². The summed E-state index contributed by atoms with van der Waals surface area (Å²) in [5.74, 6) is 0.163. The molecule has 0 fully saturated rings. The molecule has 0 N–H and O–H groups in total. The number of hydrogen-bond acceptors (Lipinski definition) is 4. The van der Waals surface area contributed by atoms with Crippen LogP contribution < -0.4 is 0 Å². The van der Waals surface area contributed by atoms with Gasteiger partial charge in [0.1, 0.15) is 0 Å². The monoisotopic (exact) mass is 298 g/mol. The molecule has 0 aliphatic heterocycles. The SMILES string of the molecule is CC/C=C/CCOC(=O)CCCC(=O)OCCCC(C)C. The van der Waals surface area contributed by atoms with Gasteiger partial charge in [0, 0.05) is 12.8 Å². The highest BCUT2D eigenvalue weighted by atomic mass is 16.5. The van der Waals surface area contributed by atoms with Crippen LogP contribution in [0.25, 0.3) is 0 Å². The summed E-state index contributed by atoms with van der Waals surface area (Å²) in [4.78, 5) is 22.8. The van der Waals surface area contributed by atoms with Gasteiger partial charge >= 0.3 is 11.9 Å². The lowest BCUT2D eigenvalue weighted by molar-refractivity contribution is -0.145. The minimum Gasteiger partial charge on any atom is -0.466 e. The van der Waals surface area contributed by atoms with Gasteiger partial charge in [-0.2, -0.15) is 0 Å². The molecule has 0 heterocycles. The van der Waals surface area contributed by atoms with Gasteiger partial charge < -0.3 is 9.47 Å². The molecular weight excluding hydrogens is 268 g/mol. The molecule has 0 amide bonds. The summed E-state index contributed by atoms with van der Waals surface area (Å²) >= 11 is 0. The summed E-state index contributed by atoms with van der Waals surface area (Å²) in [5, 5.41) is 0. The Hall–Kier alpha value is -1.32. The van der Waals surface area contributed by atoms with E-state index in [0.29, 0.717) is 25.6 Å². The van der Waals surface area contributed by atoms with E-state index in [2.05, 4.69) is 20.8 Å². The molecule has 0 atom stereocenters. The number of esters is 2. The zero-order valence-electron chi connectivity index (χ0n) is 13.7. The number of rotatable bonds is 12. The van der Waals surface area contributed by atoms with Crippen LogP contribution >= 0.6 is 0 Å². The van der Waals surface area contributed by atoms with Gasteiger partial charge in [-0.05, 0) is 38.0 Å². The van der Waals surface area contributed by atoms with E-state index in [9.17, 15) is 9.59 Å². The van der Waals surface area contributed by atoms with E-state index < -0.39 is 0 Å². The van der Waals surface area contributed by atoms with Crippen LogP contribution in [0.4, 0.5) is 0 Å². The molecule has 0 aromatic rings. The molecule has 0 rings (SSSR count). The Morgan fingerprint density at radius 2 is 1.57 bits per heavy atom. The van der Waals surface area contributed by atoms with Gasteiger partial charge in [-0.15, -0.1) is 0 Å². The summed E-state index contributed by atoms with van der Waals surface area (Å²) in [7, 11) is 0. The molecular formula is C17H30O4. The van der Waals surface area contributed by atoms with Gasteiger partial charge in [-0.1, -0.05) is 32.9 Å². The molecule has 0 saturated carbocycles. The molecule has 0 saturated heterocycles. The third-order valence-corrected chi connectivity index (χ3v) is 2.90. The maximum Gasteiger partial charge on any atom is 0.305 e. The van der Waals surface area contributed by atoms with E-state index in [1.54, 1.807) is 0 Å². The Bertz CT molecular complexity index is 308. The third kappa shape index (κ3) is 14.9. The summed E-state index contributed by atoms with van der Waals surface area (Å²) < 4.78 is 10.2. The normalized spacial score (nSPS) is 11.0. The number of carbonyl (C=O) groups excluding carboxylic acids is 2. The van der Waals surface area contributed by atoms with Gasteiger partial charge in [0.2, 0.25) is 0 Å². The Kier molecular flexibility index (Phi) is 12.8. The predicted molar refractivity (Wildman–Crippen MR) is 83.9 cm³/mol. The first-order chi connectivity index (χ1) is 10.1. The molecule has 21 heavy (non-hydrogen) atoms. The molecule has 122 valence electrons. The van der Waals surface area contributed by atoms with Gasteiger partial charge in [-0.25, -0.2) is 0 Å². The second-order valence-corrected chi connectivity index (χ2v) is 5.50. The number of ether oxygens (including phenoxy) is 2. The van der Waals surface area contributed by atoms with E-state index in [1.807, 2.05) is 12.2 Å². The van der Waals surface area contributed by atoms with E-state index >= 15 is 0 Å². The fourth-order valence-electron chi connectivity index (χ4n) is 1.72. The van der Waals surface area contributed by atoms with Crippen molar-refractivity contribution in [1.29, 1.82) is 0 Å². The van der Waals surface area contributed by atoms with Crippen LogP contribution in [-0.4, -0.2) is 25.2 Å². The first kappa shape index (κ1) is 19.7. The van der Waals surface area contributed by atoms with Crippen LogP contribution in [0.1, 0.15) is 65.7 Å². The Morgan fingerprint density at radius 3 is 2.14 bits per heavy atom. The van der Waals surface area contributed by atoms with Crippen molar-refractivity contribution in [3.63, 3.8) is 0 Å². The van der Waals surface area contributed by atoms with Crippen LogP contribution in [0.2, 0.25) is 0 Å². The lowest BCUT2D eigenvalue weighted by Gasteiger charge is -2.06. The first-order valence-corrected chi connectivity index (χ1v) is 8.02. The van der Waals surface area contributed by atoms with Crippen LogP contribution in [-0.2, 0) is 19.1 Å². The van der Waals surface area contributed by atoms with E-state index in [4.69, 9.17) is 9.47 Å². The average Bonchev–Trinajstić information content (AvgIpc) is 2.43. The zero-order chi connectivity index (χ0) is 15.9. The lowest BCUT2D eigenvalue weighted by atomic mass is 10.1. The van der Waals surface area contributed by atoms with Gasteiger partial charge in [0.15, 0.2) is 0 Å². The van der Waals surface area contributed by atoms with Crippen molar-refractivity contribution in [1.82, 2.24) is 0 Å².